The summed E-state index contributed by atoms with van der Waals surface area (Å²) in [6.45, 7) is 0. The van der Waals surface area contributed by atoms with Crippen LogP contribution in [0.3, 0.4) is 0 Å². The van der Waals surface area contributed by atoms with Crippen LogP contribution in [0, 0.1) is 11.6 Å². The second kappa shape index (κ2) is 5.76. The molecule has 24 heavy (non-hydrogen) atoms. The highest BCUT2D eigenvalue weighted by Crippen LogP contribution is 2.39. The number of aliphatic imine (C=N–C) groups is 1. The molecule has 0 fully saturated rings. The second-order valence-electron chi connectivity index (χ2n) is 5.37. The fraction of sp³-hybridized carbons (Fsp3) is 0.0556. The predicted octanol–water partition coefficient (Wildman–Crippen LogP) is 4.60. The Kier molecular flexibility index (Phi) is 3.58. The minimum Gasteiger partial charge on any atom is -0.279 e. The van der Waals surface area contributed by atoms with Crippen molar-refractivity contribution in [2.24, 2.45) is 4.99 Å². The van der Waals surface area contributed by atoms with Crippen molar-refractivity contribution in [3.63, 3.8) is 0 Å². The normalized spacial score (nSPS) is 15.5. The molecule has 2 heterocycles. The smallest absolute Gasteiger partial charge is 0.131 e. The van der Waals surface area contributed by atoms with Gasteiger partial charge in [0.05, 0.1) is 11.3 Å². The van der Waals surface area contributed by atoms with Gasteiger partial charge >= 0.3 is 0 Å². The van der Waals surface area contributed by atoms with Crippen LogP contribution in [0.5, 0.6) is 0 Å². The van der Waals surface area contributed by atoms with Gasteiger partial charge in [-0.25, -0.2) is 18.7 Å². The van der Waals surface area contributed by atoms with Crippen LogP contribution in [0.1, 0.15) is 22.7 Å². The van der Waals surface area contributed by atoms with Crippen LogP contribution in [0.15, 0.2) is 53.9 Å². The number of fused-ring (bicyclic) bond motifs is 3. The number of rotatable bonds is 1. The fourth-order valence-corrected chi connectivity index (χ4v) is 3.05. The van der Waals surface area contributed by atoms with Crippen molar-refractivity contribution in [2.45, 2.75) is 6.04 Å². The molecular formula is C18H10ClF2N3. The van der Waals surface area contributed by atoms with E-state index in [-0.39, 0.29) is 5.56 Å². The Balaban J connectivity index is 2.03. The van der Waals surface area contributed by atoms with E-state index in [0.29, 0.717) is 21.8 Å². The van der Waals surface area contributed by atoms with Crippen LogP contribution in [0.25, 0.3) is 11.3 Å². The van der Waals surface area contributed by atoms with Gasteiger partial charge in [0.1, 0.15) is 24.0 Å². The molecule has 0 amide bonds. The maximum Gasteiger partial charge on any atom is 0.131 e. The monoisotopic (exact) mass is 341 g/mol. The van der Waals surface area contributed by atoms with E-state index in [1.54, 1.807) is 30.6 Å². The zero-order valence-corrected chi connectivity index (χ0v) is 13.0. The molecule has 3 aromatic rings. The first-order valence-corrected chi connectivity index (χ1v) is 7.60. The standard InChI is InChI=1S/C18H10ClF2N3/c19-11-4-5-12-13(6-11)18(16-14(20)2-1-3-15(16)21)23-8-10-7-22-9-24-17(10)12/h1-9,18H. The summed E-state index contributed by atoms with van der Waals surface area (Å²) >= 11 is 6.12. The van der Waals surface area contributed by atoms with E-state index in [1.807, 2.05) is 0 Å². The van der Waals surface area contributed by atoms with Crippen LogP contribution in [0.4, 0.5) is 8.78 Å². The molecule has 4 rings (SSSR count). The van der Waals surface area contributed by atoms with Gasteiger partial charge in [-0.2, -0.15) is 0 Å². The fourth-order valence-electron chi connectivity index (χ4n) is 2.87. The predicted molar refractivity (Wildman–Crippen MR) is 88.3 cm³/mol. The molecule has 1 aliphatic heterocycles. The summed E-state index contributed by atoms with van der Waals surface area (Å²) < 4.78 is 28.6. The van der Waals surface area contributed by atoms with E-state index in [1.165, 1.54) is 24.5 Å². The Hall–Kier alpha value is -2.66. The average molecular weight is 342 g/mol. The van der Waals surface area contributed by atoms with E-state index >= 15 is 0 Å². The molecule has 0 N–H and O–H groups in total. The van der Waals surface area contributed by atoms with Gasteiger partial charge in [0.25, 0.3) is 0 Å². The molecule has 1 unspecified atom stereocenters. The summed E-state index contributed by atoms with van der Waals surface area (Å²) in [5, 5.41) is 0.461. The molecule has 1 atom stereocenters. The SMILES string of the molecule is Fc1cccc(F)c1C1N=Cc2cncnc2-c2ccc(Cl)cc21. The lowest BCUT2D eigenvalue weighted by Crippen LogP contribution is -2.05. The third kappa shape index (κ3) is 2.37. The van der Waals surface area contributed by atoms with Crippen LogP contribution >= 0.6 is 11.6 Å². The number of hydrogen-bond donors (Lipinski definition) is 0. The van der Waals surface area contributed by atoms with Gasteiger partial charge in [0, 0.05) is 28.6 Å². The third-order valence-corrected chi connectivity index (χ3v) is 4.17. The van der Waals surface area contributed by atoms with Gasteiger partial charge in [0.2, 0.25) is 0 Å². The van der Waals surface area contributed by atoms with Crippen molar-refractivity contribution >= 4 is 17.8 Å². The zero-order valence-electron chi connectivity index (χ0n) is 12.2. The summed E-state index contributed by atoms with van der Waals surface area (Å²) in [7, 11) is 0. The lowest BCUT2D eigenvalue weighted by molar-refractivity contribution is 0.544. The third-order valence-electron chi connectivity index (χ3n) is 3.94. The van der Waals surface area contributed by atoms with E-state index in [4.69, 9.17) is 11.6 Å². The maximum absolute atomic E-state index is 14.3. The van der Waals surface area contributed by atoms with E-state index in [0.717, 1.165) is 5.56 Å². The molecule has 0 saturated heterocycles. The minimum atomic E-state index is -0.853. The van der Waals surface area contributed by atoms with Crippen molar-refractivity contribution in [1.82, 2.24) is 9.97 Å². The van der Waals surface area contributed by atoms with E-state index in [2.05, 4.69) is 15.0 Å². The topological polar surface area (TPSA) is 38.1 Å². The van der Waals surface area contributed by atoms with Crippen molar-refractivity contribution in [2.75, 3.05) is 0 Å². The number of nitrogens with zero attached hydrogens (tertiary/aromatic N) is 3. The highest BCUT2D eigenvalue weighted by molar-refractivity contribution is 6.30. The molecule has 2 aromatic carbocycles. The molecule has 118 valence electrons. The molecule has 1 aliphatic rings. The number of aromatic nitrogens is 2. The minimum absolute atomic E-state index is 0.113. The van der Waals surface area contributed by atoms with Gasteiger partial charge in [-0.05, 0) is 29.8 Å². The number of benzene rings is 2. The molecule has 0 bridgehead atoms. The molecule has 0 spiro atoms. The lowest BCUT2D eigenvalue weighted by Gasteiger charge is -2.17. The Bertz CT molecular complexity index is 952. The summed E-state index contributed by atoms with van der Waals surface area (Å²) in [4.78, 5) is 12.7. The molecule has 6 heteroatoms. The Morgan fingerprint density at radius 1 is 1.04 bits per heavy atom. The first-order chi connectivity index (χ1) is 11.6. The lowest BCUT2D eigenvalue weighted by atomic mass is 9.93. The van der Waals surface area contributed by atoms with Gasteiger partial charge in [-0.3, -0.25) is 4.99 Å². The van der Waals surface area contributed by atoms with Gasteiger partial charge in [0.15, 0.2) is 0 Å². The Morgan fingerprint density at radius 2 is 1.83 bits per heavy atom. The molecule has 3 nitrogen and oxygen atoms in total. The van der Waals surface area contributed by atoms with Gasteiger partial charge in [-0.15, -0.1) is 0 Å². The molecule has 0 radical (unpaired) electrons. The molecular weight excluding hydrogens is 332 g/mol. The van der Waals surface area contributed by atoms with Crippen LogP contribution in [-0.4, -0.2) is 16.2 Å². The first-order valence-electron chi connectivity index (χ1n) is 7.22. The largest absolute Gasteiger partial charge is 0.279 e. The quantitative estimate of drug-likeness (QED) is 0.649. The van der Waals surface area contributed by atoms with Crippen molar-refractivity contribution in [3.8, 4) is 11.3 Å². The van der Waals surface area contributed by atoms with Crippen molar-refractivity contribution < 1.29 is 8.78 Å². The molecule has 0 aliphatic carbocycles. The van der Waals surface area contributed by atoms with Crippen LogP contribution < -0.4 is 0 Å². The highest BCUT2D eigenvalue weighted by Gasteiger charge is 2.27. The van der Waals surface area contributed by atoms with Gasteiger partial charge < -0.3 is 0 Å². The van der Waals surface area contributed by atoms with Crippen molar-refractivity contribution in [1.29, 1.82) is 0 Å². The molecule has 1 aromatic heterocycles. The number of halogens is 3. The first kappa shape index (κ1) is 14.9. The highest BCUT2D eigenvalue weighted by atomic mass is 35.5. The maximum atomic E-state index is 14.3. The van der Waals surface area contributed by atoms with Gasteiger partial charge in [-0.1, -0.05) is 23.7 Å². The average Bonchev–Trinajstić information content (AvgIpc) is 2.72. The van der Waals surface area contributed by atoms with E-state index < -0.39 is 17.7 Å². The van der Waals surface area contributed by atoms with Crippen LogP contribution in [-0.2, 0) is 0 Å². The second-order valence-corrected chi connectivity index (χ2v) is 5.81. The summed E-state index contributed by atoms with van der Waals surface area (Å²) in [6.07, 6.45) is 4.58. The Morgan fingerprint density at radius 3 is 2.62 bits per heavy atom. The van der Waals surface area contributed by atoms with Crippen molar-refractivity contribution in [3.05, 3.63) is 82.3 Å². The molecule has 0 saturated carbocycles. The van der Waals surface area contributed by atoms with Crippen LogP contribution in [0.2, 0.25) is 5.02 Å². The zero-order chi connectivity index (χ0) is 16.7. The summed E-state index contributed by atoms with van der Waals surface area (Å²) in [5.74, 6) is -1.31. The number of hydrogen-bond acceptors (Lipinski definition) is 3. The summed E-state index contributed by atoms with van der Waals surface area (Å²) in [6, 6.07) is 8.08. The summed E-state index contributed by atoms with van der Waals surface area (Å²) in [5.41, 5.74) is 2.54. The van der Waals surface area contributed by atoms with E-state index in [9.17, 15) is 8.78 Å². The Labute approximate surface area is 141 Å².